The zero-order valence-corrected chi connectivity index (χ0v) is 12.9. The fraction of sp³-hybridized carbons (Fsp3) is 0.692. The van der Waals surface area contributed by atoms with Crippen LogP contribution in [-0.2, 0) is 14.3 Å². The summed E-state index contributed by atoms with van der Waals surface area (Å²) in [6, 6.07) is -0.537. The number of nitrogens with zero attached hydrogens (tertiary/aromatic N) is 3. The van der Waals surface area contributed by atoms with Crippen molar-refractivity contribution in [1.82, 2.24) is 20.3 Å². The Morgan fingerprint density at radius 1 is 1.38 bits per heavy atom. The maximum atomic E-state index is 11.9. The van der Waals surface area contributed by atoms with Gasteiger partial charge in [-0.25, -0.2) is 9.48 Å². The number of carbonyl (C=O) groups excluding carboxylic acids is 2. The van der Waals surface area contributed by atoms with Crippen molar-refractivity contribution in [3.05, 3.63) is 11.4 Å². The molecule has 118 valence electrons. The van der Waals surface area contributed by atoms with Gasteiger partial charge in [-0.3, -0.25) is 4.79 Å². The van der Waals surface area contributed by atoms with Gasteiger partial charge in [-0.05, 0) is 20.3 Å². The molecule has 1 heterocycles. The number of amides is 1. The van der Waals surface area contributed by atoms with Crippen LogP contribution in [-0.4, -0.2) is 53.7 Å². The third kappa shape index (κ3) is 4.52. The SMILES string of the molecule is CCCNC(=O)C(C)n1nnc(C(=O)OCCOC)c1C. The van der Waals surface area contributed by atoms with E-state index in [4.69, 9.17) is 9.47 Å². The van der Waals surface area contributed by atoms with Crippen molar-refractivity contribution >= 4 is 11.9 Å². The predicted molar refractivity (Wildman–Crippen MR) is 74.9 cm³/mol. The summed E-state index contributed by atoms with van der Waals surface area (Å²) in [5.41, 5.74) is 0.609. The Hall–Kier alpha value is -1.96. The summed E-state index contributed by atoms with van der Waals surface area (Å²) in [5.74, 6) is -0.735. The molecule has 0 radical (unpaired) electrons. The van der Waals surface area contributed by atoms with Crippen LogP contribution in [0.3, 0.4) is 0 Å². The summed E-state index contributed by atoms with van der Waals surface area (Å²) in [5, 5.41) is 10.4. The van der Waals surface area contributed by atoms with Crippen LogP contribution in [0.15, 0.2) is 0 Å². The van der Waals surface area contributed by atoms with E-state index in [0.717, 1.165) is 6.42 Å². The summed E-state index contributed by atoms with van der Waals surface area (Å²) in [4.78, 5) is 23.7. The lowest BCUT2D eigenvalue weighted by molar-refractivity contribution is -0.124. The van der Waals surface area contributed by atoms with Gasteiger partial charge in [0.05, 0.1) is 12.3 Å². The second-order valence-electron chi connectivity index (χ2n) is 4.56. The minimum atomic E-state index is -0.572. The van der Waals surface area contributed by atoms with Crippen molar-refractivity contribution in [2.75, 3.05) is 26.9 Å². The molecule has 0 spiro atoms. The molecule has 0 bridgehead atoms. The van der Waals surface area contributed by atoms with Gasteiger partial charge >= 0.3 is 5.97 Å². The fourth-order valence-electron chi connectivity index (χ4n) is 1.69. The van der Waals surface area contributed by atoms with Gasteiger partial charge in [-0.2, -0.15) is 0 Å². The van der Waals surface area contributed by atoms with Crippen molar-refractivity contribution in [3.63, 3.8) is 0 Å². The summed E-state index contributed by atoms with van der Waals surface area (Å²) in [6.07, 6.45) is 0.853. The second-order valence-corrected chi connectivity index (χ2v) is 4.56. The zero-order valence-electron chi connectivity index (χ0n) is 12.9. The van der Waals surface area contributed by atoms with Crippen LogP contribution in [0.2, 0.25) is 0 Å². The number of rotatable bonds is 8. The molecule has 0 saturated heterocycles. The summed E-state index contributed by atoms with van der Waals surface area (Å²) >= 11 is 0. The fourth-order valence-corrected chi connectivity index (χ4v) is 1.69. The largest absolute Gasteiger partial charge is 0.458 e. The van der Waals surface area contributed by atoms with Gasteiger partial charge in [0.1, 0.15) is 12.6 Å². The molecule has 21 heavy (non-hydrogen) atoms. The molecule has 1 atom stereocenters. The lowest BCUT2D eigenvalue weighted by Gasteiger charge is -2.13. The minimum Gasteiger partial charge on any atom is -0.458 e. The van der Waals surface area contributed by atoms with Crippen LogP contribution < -0.4 is 5.32 Å². The van der Waals surface area contributed by atoms with E-state index in [0.29, 0.717) is 18.8 Å². The third-order valence-corrected chi connectivity index (χ3v) is 2.94. The standard InChI is InChI=1S/C13H22N4O4/c1-5-6-14-12(18)10(3)17-9(2)11(15-16-17)13(19)21-8-7-20-4/h10H,5-8H2,1-4H3,(H,14,18). The molecule has 0 aromatic carbocycles. The number of ether oxygens (including phenoxy) is 2. The van der Waals surface area contributed by atoms with Crippen LogP contribution in [0.1, 0.15) is 42.5 Å². The first-order valence-electron chi connectivity index (χ1n) is 6.88. The highest BCUT2D eigenvalue weighted by molar-refractivity contribution is 5.88. The molecule has 0 saturated carbocycles. The number of aromatic nitrogens is 3. The van der Waals surface area contributed by atoms with E-state index in [2.05, 4.69) is 15.6 Å². The first-order valence-corrected chi connectivity index (χ1v) is 6.88. The van der Waals surface area contributed by atoms with Crippen molar-refractivity contribution in [1.29, 1.82) is 0 Å². The molecular formula is C13H22N4O4. The molecule has 0 aliphatic heterocycles. The van der Waals surface area contributed by atoms with E-state index in [1.807, 2.05) is 6.92 Å². The van der Waals surface area contributed by atoms with Gasteiger partial charge in [0.15, 0.2) is 5.69 Å². The summed E-state index contributed by atoms with van der Waals surface area (Å²) in [7, 11) is 1.52. The predicted octanol–water partition coefficient (Wildman–Crippen LogP) is 0.477. The Morgan fingerprint density at radius 3 is 2.71 bits per heavy atom. The van der Waals surface area contributed by atoms with Gasteiger partial charge in [0, 0.05) is 13.7 Å². The summed E-state index contributed by atoms with van der Waals surface area (Å²) < 4.78 is 11.2. The zero-order chi connectivity index (χ0) is 15.8. The number of nitrogens with one attached hydrogen (secondary N) is 1. The highest BCUT2D eigenvalue weighted by Crippen LogP contribution is 2.12. The average molecular weight is 298 g/mol. The highest BCUT2D eigenvalue weighted by Gasteiger charge is 2.23. The quantitative estimate of drug-likeness (QED) is 0.554. The normalized spacial score (nSPS) is 12.0. The Bertz CT molecular complexity index is 487. The first kappa shape index (κ1) is 17.1. The van der Waals surface area contributed by atoms with Crippen LogP contribution in [0.5, 0.6) is 0 Å². The van der Waals surface area contributed by atoms with E-state index in [-0.39, 0.29) is 18.2 Å². The first-order chi connectivity index (χ1) is 10.0. The van der Waals surface area contributed by atoms with Gasteiger partial charge in [0.2, 0.25) is 5.91 Å². The van der Waals surface area contributed by atoms with E-state index in [1.54, 1.807) is 13.8 Å². The Kier molecular flexibility index (Phi) is 6.80. The number of hydrogen-bond donors (Lipinski definition) is 1. The van der Waals surface area contributed by atoms with Crippen molar-refractivity contribution < 1.29 is 19.1 Å². The van der Waals surface area contributed by atoms with E-state index in [1.165, 1.54) is 11.8 Å². The molecule has 1 unspecified atom stereocenters. The molecule has 1 N–H and O–H groups in total. The lowest BCUT2D eigenvalue weighted by atomic mass is 10.2. The van der Waals surface area contributed by atoms with Crippen LogP contribution in [0.25, 0.3) is 0 Å². The molecule has 1 amide bonds. The topological polar surface area (TPSA) is 95.3 Å². The molecule has 1 rings (SSSR count). The third-order valence-electron chi connectivity index (χ3n) is 2.94. The minimum absolute atomic E-state index is 0.112. The van der Waals surface area contributed by atoms with E-state index >= 15 is 0 Å². The van der Waals surface area contributed by atoms with Crippen LogP contribution in [0, 0.1) is 6.92 Å². The van der Waals surface area contributed by atoms with Gasteiger partial charge < -0.3 is 14.8 Å². The molecule has 1 aromatic heterocycles. The number of hydrogen-bond acceptors (Lipinski definition) is 6. The monoisotopic (exact) mass is 298 g/mol. The Labute approximate surface area is 123 Å². The number of esters is 1. The second kappa shape index (κ2) is 8.35. The lowest BCUT2D eigenvalue weighted by Crippen LogP contribution is -2.32. The van der Waals surface area contributed by atoms with Crippen molar-refractivity contribution in [2.24, 2.45) is 0 Å². The van der Waals surface area contributed by atoms with E-state index < -0.39 is 12.0 Å². The van der Waals surface area contributed by atoms with Crippen molar-refractivity contribution in [3.8, 4) is 0 Å². The Balaban J connectivity index is 2.74. The van der Waals surface area contributed by atoms with Crippen LogP contribution >= 0.6 is 0 Å². The molecule has 1 aromatic rings. The van der Waals surface area contributed by atoms with Crippen molar-refractivity contribution in [2.45, 2.75) is 33.2 Å². The maximum Gasteiger partial charge on any atom is 0.360 e. The highest BCUT2D eigenvalue weighted by atomic mass is 16.6. The molecule has 0 aliphatic carbocycles. The maximum absolute atomic E-state index is 11.9. The van der Waals surface area contributed by atoms with Crippen LogP contribution in [0.4, 0.5) is 0 Å². The summed E-state index contributed by atoms with van der Waals surface area (Å²) in [6.45, 7) is 6.41. The molecule has 0 fully saturated rings. The number of methoxy groups -OCH3 is 1. The van der Waals surface area contributed by atoms with Gasteiger partial charge in [-0.1, -0.05) is 12.1 Å². The van der Waals surface area contributed by atoms with Gasteiger partial charge in [-0.15, -0.1) is 5.10 Å². The number of carbonyl (C=O) groups is 2. The molecule has 8 nitrogen and oxygen atoms in total. The average Bonchev–Trinajstić information content (AvgIpc) is 2.85. The molecule has 8 heteroatoms. The molecule has 0 aliphatic rings. The van der Waals surface area contributed by atoms with E-state index in [9.17, 15) is 9.59 Å². The molecular weight excluding hydrogens is 276 g/mol. The van der Waals surface area contributed by atoms with Gasteiger partial charge in [0.25, 0.3) is 0 Å². The Morgan fingerprint density at radius 2 is 2.10 bits per heavy atom. The smallest absolute Gasteiger partial charge is 0.360 e.